The standard InChI is InChI=1S/C25H20N6O6/c32-16-10-17(37-19(16)25(36)31-23(34)14-8-4-5-9-15(14)24(31)35)30-12-28-18-20(26-11-27-21(18)30)29-22(33)13-6-2-1-3-7-13/h1-9,11-12,16-17,19,25,32,36H,10H2,(H,26,27,29,33)/t16-,17+,19-,25?/m0/s1. The van der Waals surface area contributed by atoms with Crippen LogP contribution in [-0.4, -0.2) is 70.8 Å². The number of benzene rings is 2. The van der Waals surface area contributed by atoms with Crippen LogP contribution in [0.15, 0.2) is 67.3 Å². The first kappa shape index (κ1) is 22.9. The average Bonchev–Trinajstić information content (AvgIpc) is 3.59. The first-order valence-electron chi connectivity index (χ1n) is 11.5. The SMILES string of the molecule is O=C(Nc1ncnc2c1ncn2[C@H]1C[C@H](O)[C@@H](C(O)N2C(=O)c3ccccc3C2=O)O1)c1ccccc1. The number of hydrogen-bond donors (Lipinski definition) is 3. The highest BCUT2D eigenvalue weighted by molar-refractivity contribution is 6.21. The maximum Gasteiger partial charge on any atom is 0.263 e. The number of carbonyl (C=O) groups excluding carboxylic acids is 3. The molecule has 4 atom stereocenters. The molecule has 3 N–H and O–H groups in total. The van der Waals surface area contributed by atoms with Crippen molar-refractivity contribution in [3.63, 3.8) is 0 Å². The van der Waals surface area contributed by atoms with Gasteiger partial charge in [0, 0.05) is 12.0 Å². The molecule has 0 radical (unpaired) electrons. The summed E-state index contributed by atoms with van der Waals surface area (Å²) in [5.74, 6) is -1.50. The second kappa shape index (κ2) is 8.85. The summed E-state index contributed by atoms with van der Waals surface area (Å²) in [4.78, 5) is 51.5. The number of rotatable bonds is 5. The fraction of sp³-hybridized carbons (Fsp3) is 0.200. The Labute approximate surface area is 209 Å². The number of ether oxygens (including phenoxy) is 1. The highest BCUT2D eigenvalue weighted by Crippen LogP contribution is 2.35. The topological polar surface area (TPSA) is 160 Å². The molecule has 2 aliphatic heterocycles. The third-order valence-electron chi connectivity index (χ3n) is 6.46. The lowest BCUT2D eigenvalue weighted by Crippen LogP contribution is -2.50. The fourth-order valence-electron chi connectivity index (χ4n) is 4.63. The van der Waals surface area contributed by atoms with Crippen LogP contribution in [0, 0.1) is 0 Å². The van der Waals surface area contributed by atoms with E-state index in [0.29, 0.717) is 21.6 Å². The molecule has 0 spiro atoms. The summed E-state index contributed by atoms with van der Waals surface area (Å²) in [5.41, 5.74) is 1.43. The third kappa shape index (κ3) is 3.74. The van der Waals surface area contributed by atoms with Crippen LogP contribution in [0.3, 0.4) is 0 Å². The number of imide groups is 1. The number of carbonyl (C=O) groups is 3. The number of fused-ring (bicyclic) bond motifs is 2. The number of anilines is 1. The van der Waals surface area contributed by atoms with Gasteiger partial charge in [-0.25, -0.2) is 19.9 Å². The van der Waals surface area contributed by atoms with Crippen molar-refractivity contribution >= 4 is 34.7 Å². The van der Waals surface area contributed by atoms with Gasteiger partial charge in [-0.2, -0.15) is 0 Å². The molecule has 3 amide bonds. The molecule has 37 heavy (non-hydrogen) atoms. The lowest BCUT2D eigenvalue weighted by Gasteiger charge is -2.27. The van der Waals surface area contributed by atoms with Gasteiger partial charge in [-0.1, -0.05) is 30.3 Å². The number of nitrogens with one attached hydrogen (secondary N) is 1. The Hall–Kier alpha value is -4.52. The van der Waals surface area contributed by atoms with Gasteiger partial charge in [0.05, 0.1) is 23.6 Å². The quantitative estimate of drug-likeness (QED) is 0.344. The van der Waals surface area contributed by atoms with E-state index in [2.05, 4.69) is 20.3 Å². The van der Waals surface area contributed by atoms with E-state index < -0.39 is 36.5 Å². The zero-order chi connectivity index (χ0) is 25.7. The van der Waals surface area contributed by atoms with E-state index >= 15 is 0 Å². The molecule has 2 aromatic carbocycles. The van der Waals surface area contributed by atoms with Crippen molar-refractivity contribution in [2.45, 2.75) is 31.1 Å². The minimum absolute atomic E-state index is 0.0338. The fourth-order valence-corrected chi connectivity index (χ4v) is 4.63. The van der Waals surface area contributed by atoms with Crippen LogP contribution in [0.1, 0.15) is 43.7 Å². The van der Waals surface area contributed by atoms with Gasteiger partial charge < -0.3 is 20.3 Å². The normalized spacial score (nSPS) is 21.9. The second-order valence-corrected chi connectivity index (χ2v) is 8.66. The van der Waals surface area contributed by atoms with E-state index in [-0.39, 0.29) is 29.3 Å². The molecule has 1 saturated heterocycles. The number of nitrogens with zero attached hydrogens (tertiary/aromatic N) is 5. The summed E-state index contributed by atoms with van der Waals surface area (Å²) in [5, 5.41) is 24.3. The van der Waals surface area contributed by atoms with Crippen LogP contribution < -0.4 is 5.32 Å². The number of aliphatic hydroxyl groups excluding tert-OH is 2. The smallest absolute Gasteiger partial charge is 0.263 e. The Kier molecular flexibility index (Phi) is 5.48. The highest BCUT2D eigenvalue weighted by Gasteiger charge is 2.48. The number of aliphatic hydroxyl groups is 2. The minimum atomic E-state index is -1.71. The molecule has 0 saturated carbocycles. The molecule has 0 bridgehead atoms. The summed E-state index contributed by atoms with van der Waals surface area (Å²) in [6.07, 6.45) is -2.26. The number of imidazole rings is 1. The van der Waals surface area contributed by atoms with Gasteiger partial charge in [0.2, 0.25) is 0 Å². The van der Waals surface area contributed by atoms with Crippen molar-refractivity contribution < 1.29 is 29.3 Å². The highest BCUT2D eigenvalue weighted by atomic mass is 16.5. The molecular formula is C25H20N6O6. The molecule has 12 nitrogen and oxygen atoms in total. The van der Waals surface area contributed by atoms with Crippen LogP contribution in [0.25, 0.3) is 11.2 Å². The summed E-state index contributed by atoms with van der Waals surface area (Å²) >= 11 is 0. The Bertz CT molecular complexity index is 1500. The van der Waals surface area contributed by atoms with Gasteiger partial charge in [-0.3, -0.25) is 19.0 Å². The van der Waals surface area contributed by atoms with Crippen molar-refractivity contribution in [3.8, 4) is 0 Å². The summed E-state index contributed by atoms with van der Waals surface area (Å²) < 4.78 is 7.45. The van der Waals surface area contributed by atoms with Crippen molar-refractivity contribution in [2.75, 3.05) is 5.32 Å². The van der Waals surface area contributed by atoms with Crippen LogP contribution in [0.2, 0.25) is 0 Å². The monoisotopic (exact) mass is 500 g/mol. The molecule has 4 heterocycles. The number of amides is 3. The van der Waals surface area contributed by atoms with Crippen molar-refractivity contribution in [1.82, 2.24) is 24.4 Å². The molecule has 12 heteroatoms. The van der Waals surface area contributed by atoms with E-state index in [9.17, 15) is 24.6 Å². The zero-order valence-electron chi connectivity index (χ0n) is 19.1. The molecule has 4 aromatic rings. The number of hydrogen-bond acceptors (Lipinski definition) is 9. The first-order valence-corrected chi connectivity index (χ1v) is 11.5. The summed E-state index contributed by atoms with van der Waals surface area (Å²) in [7, 11) is 0. The molecule has 1 unspecified atom stereocenters. The predicted octanol–water partition coefficient (Wildman–Crippen LogP) is 1.34. The molecule has 186 valence electrons. The molecule has 6 rings (SSSR count). The average molecular weight is 500 g/mol. The van der Waals surface area contributed by atoms with Gasteiger partial charge in [-0.05, 0) is 24.3 Å². The molecule has 1 fully saturated rings. The maximum atomic E-state index is 12.8. The van der Waals surface area contributed by atoms with Gasteiger partial charge in [-0.15, -0.1) is 0 Å². The Morgan fingerprint density at radius 2 is 1.68 bits per heavy atom. The zero-order valence-corrected chi connectivity index (χ0v) is 19.1. The minimum Gasteiger partial charge on any atom is -0.390 e. The van der Waals surface area contributed by atoms with E-state index in [4.69, 9.17) is 4.74 Å². The van der Waals surface area contributed by atoms with Crippen molar-refractivity contribution in [2.24, 2.45) is 0 Å². The van der Waals surface area contributed by atoms with Gasteiger partial charge in [0.25, 0.3) is 17.7 Å². The summed E-state index contributed by atoms with van der Waals surface area (Å²) in [6.45, 7) is 0. The van der Waals surface area contributed by atoms with Crippen LogP contribution in [-0.2, 0) is 4.74 Å². The molecule has 2 aromatic heterocycles. The maximum absolute atomic E-state index is 12.8. The summed E-state index contributed by atoms with van der Waals surface area (Å²) in [6, 6.07) is 14.9. The van der Waals surface area contributed by atoms with Crippen molar-refractivity contribution in [1.29, 1.82) is 0 Å². The van der Waals surface area contributed by atoms with E-state index in [1.54, 1.807) is 42.5 Å². The number of aromatic nitrogens is 4. The second-order valence-electron chi connectivity index (χ2n) is 8.66. The van der Waals surface area contributed by atoms with Crippen molar-refractivity contribution in [3.05, 3.63) is 83.9 Å². The Morgan fingerprint density at radius 1 is 1.00 bits per heavy atom. The van der Waals surface area contributed by atoms with E-state index in [1.807, 2.05) is 0 Å². The first-order chi connectivity index (χ1) is 17.9. The molecule has 2 aliphatic rings. The lowest BCUT2D eigenvalue weighted by atomic mass is 10.1. The molecular weight excluding hydrogens is 480 g/mol. The molecule has 0 aliphatic carbocycles. The van der Waals surface area contributed by atoms with Crippen LogP contribution >= 0.6 is 0 Å². The van der Waals surface area contributed by atoms with Gasteiger partial charge in [0.1, 0.15) is 18.7 Å². The van der Waals surface area contributed by atoms with E-state index in [0.717, 1.165) is 0 Å². The third-order valence-corrected chi connectivity index (χ3v) is 6.46. The lowest BCUT2D eigenvalue weighted by molar-refractivity contribution is -0.117. The van der Waals surface area contributed by atoms with Crippen LogP contribution in [0.5, 0.6) is 0 Å². The van der Waals surface area contributed by atoms with Gasteiger partial charge in [0.15, 0.2) is 23.2 Å². The van der Waals surface area contributed by atoms with E-state index in [1.165, 1.54) is 29.4 Å². The Morgan fingerprint density at radius 3 is 2.38 bits per heavy atom. The van der Waals surface area contributed by atoms with Crippen LogP contribution in [0.4, 0.5) is 5.82 Å². The largest absolute Gasteiger partial charge is 0.390 e. The Balaban J connectivity index is 1.23. The predicted molar refractivity (Wildman–Crippen MR) is 127 cm³/mol. The van der Waals surface area contributed by atoms with Gasteiger partial charge >= 0.3 is 0 Å².